The molecule has 1 heterocycles. The molecule has 1 aromatic carbocycles. The molecule has 0 atom stereocenters. The molecule has 112 valence electrons. The zero-order chi connectivity index (χ0) is 15.2. The van der Waals surface area contributed by atoms with Gasteiger partial charge >= 0.3 is 5.97 Å². The van der Waals surface area contributed by atoms with Gasteiger partial charge in [0.25, 0.3) is 5.91 Å². The molecule has 1 aliphatic rings. The summed E-state index contributed by atoms with van der Waals surface area (Å²) in [6, 6.07) is 4.97. The Kier molecular flexibility index (Phi) is 4.76. The number of benzene rings is 1. The lowest BCUT2D eigenvalue weighted by molar-refractivity contribution is -0.137. The van der Waals surface area contributed by atoms with E-state index >= 15 is 0 Å². The van der Waals surface area contributed by atoms with Crippen LogP contribution in [0.2, 0.25) is 0 Å². The van der Waals surface area contributed by atoms with E-state index in [0.29, 0.717) is 30.0 Å². The number of carboxylic acids is 1. The fourth-order valence-electron chi connectivity index (χ4n) is 1.94. The minimum atomic E-state index is -0.857. The Balaban J connectivity index is 1.84. The molecule has 0 saturated heterocycles. The van der Waals surface area contributed by atoms with Gasteiger partial charge in [0.15, 0.2) is 6.61 Å². The summed E-state index contributed by atoms with van der Waals surface area (Å²) >= 11 is 0. The number of hydrogen-bond acceptors (Lipinski definition) is 4. The predicted molar refractivity (Wildman–Crippen MR) is 75.3 cm³/mol. The summed E-state index contributed by atoms with van der Waals surface area (Å²) in [5.74, 6) is -0.736. The summed E-state index contributed by atoms with van der Waals surface area (Å²) in [5, 5.41) is 13.9. The number of carboxylic acid groups (broad SMARTS) is 1. The molecular weight excluding hydrogens is 276 g/mol. The largest absolute Gasteiger partial charge is 0.482 e. The maximum absolute atomic E-state index is 11.7. The molecule has 21 heavy (non-hydrogen) atoms. The van der Waals surface area contributed by atoms with Crippen molar-refractivity contribution in [2.75, 3.05) is 17.2 Å². The van der Waals surface area contributed by atoms with Crippen LogP contribution in [0.4, 0.5) is 11.4 Å². The van der Waals surface area contributed by atoms with E-state index < -0.39 is 5.97 Å². The van der Waals surface area contributed by atoms with E-state index in [1.807, 2.05) is 0 Å². The molecule has 2 rings (SSSR count). The number of ether oxygens (including phenoxy) is 1. The van der Waals surface area contributed by atoms with Gasteiger partial charge in [-0.25, -0.2) is 0 Å². The lowest BCUT2D eigenvalue weighted by atomic mass is 10.2. The smallest absolute Gasteiger partial charge is 0.303 e. The van der Waals surface area contributed by atoms with E-state index in [-0.39, 0.29) is 31.3 Å². The molecule has 7 nitrogen and oxygen atoms in total. The molecule has 0 spiro atoms. The average molecular weight is 292 g/mol. The van der Waals surface area contributed by atoms with E-state index in [1.54, 1.807) is 18.2 Å². The first-order valence-electron chi connectivity index (χ1n) is 6.63. The molecule has 3 N–H and O–H groups in total. The van der Waals surface area contributed by atoms with Crippen LogP contribution in [-0.2, 0) is 14.4 Å². The number of carbonyl (C=O) groups excluding carboxylic acids is 2. The van der Waals surface area contributed by atoms with Crippen LogP contribution in [0.3, 0.4) is 0 Å². The molecular formula is C14H16N2O5. The van der Waals surface area contributed by atoms with Crippen LogP contribution in [0.25, 0.3) is 0 Å². The normalized spacial score (nSPS) is 12.9. The predicted octanol–water partition coefficient (Wildman–Crippen LogP) is 1.60. The van der Waals surface area contributed by atoms with E-state index in [2.05, 4.69) is 10.6 Å². The second kappa shape index (κ2) is 6.74. The number of unbranched alkanes of at least 4 members (excludes halogenated alkanes) is 1. The summed E-state index contributed by atoms with van der Waals surface area (Å²) in [5.41, 5.74) is 1.15. The Morgan fingerprint density at radius 2 is 2.05 bits per heavy atom. The molecule has 0 bridgehead atoms. The zero-order valence-electron chi connectivity index (χ0n) is 11.3. The highest BCUT2D eigenvalue weighted by molar-refractivity contribution is 5.97. The van der Waals surface area contributed by atoms with Gasteiger partial charge in [-0.1, -0.05) is 0 Å². The quantitative estimate of drug-likeness (QED) is 0.691. The Morgan fingerprint density at radius 3 is 2.81 bits per heavy atom. The van der Waals surface area contributed by atoms with Gasteiger partial charge in [-0.2, -0.15) is 0 Å². The van der Waals surface area contributed by atoms with Crippen LogP contribution in [0.1, 0.15) is 25.7 Å². The van der Waals surface area contributed by atoms with Crippen molar-refractivity contribution in [3.8, 4) is 5.75 Å². The van der Waals surface area contributed by atoms with Crippen LogP contribution in [0, 0.1) is 0 Å². The lowest BCUT2D eigenvalue weighted by Gasteiger charge is -2.18. The topological polar surface area (TPSA) is 105 Å². The average Bonchev–Trinajstić information content (AvgIpc) is 2.43. The van der Waals surface area contributed by atoms with Crippen molar-refractivity contribution in [2.45, 2.75) is 25.7 Å². The van der Waals surface area contributed by atoms with Crippen LogP contribution in [0.5, 0.6) is 5.75 Å². The number of anilines is 2. The van der Waals surface area contributed by atoms with Gasteiger partial charge in [-0.05, 0) is 25.0 Å². The zero-order valence-corrected chi connectivity index (χ0v) is 11.3. The van der Waals surface area contributed by atoms with Crippen molar-refractivity contribution >= 4 is 29.2 Å². The molecule has 7 heteroatoms. The summed E-state index contributed by atoms with van der Waals surface area (Å²) in [6.45, 7) is -0.0421. The van der Waals surface area contributed by atoms with Crippen LogP contribution in [-0.4, -0.2) is 29.5 Å². The van der Waals surface area contributed by atoms with E-state index in [0.717, 1.165) is 0 Å². The number of aliphatic carboxylic acids is 1. The first-order chi connectivity index (χ1) is 10.0. The van der Waals surface area contributed by atoms with Crippen LogP contribution >= 0.6 is 0 Å². The van der Waals surface area contributed by atoms with Gasteiger partial charge in [-0.15, -0.1) is 0 Å². The molecule has 0 radical (unpaired) electrons. The Morgan fingerprint density at radius 1 is 1.29 bits per heavy atom. The fraction of sp³-hybridized carbons (Fsp3) is 0.357. The fourth-order valence-corrected chi connectivity index (χ4v) is 1.94. The van der Waals surface area contributed by atoms with Gasteiger partial charge in [0.2, 0.25) is 5.91 Å². The third-order valence-corrected chi connectivity index (χ3v) is 2.94. The monoisotopic (exact) mass is 292 g/mol. The molecule has 0 saturated carbocycles. The SMILES string of the molecule is O=C(O)CCCCC(=O)Nc1ccc2c(c1)OCC(=O)N2. The highest BCUT2D eigenvalue weighted by atomic mass is 16.5. The third-order valence-electron chi connectivity index (χ3n) is 2.94. The highest BCUT2D eigenvalue weighted by Gasteiger charge is 2.16. The highest BCUT2D eigenvalue weighted by Crippen LogP contribution is 2.30. The molecule has 0 aromatic heterocycles. The first kappa shape index (κ1) is 14.8. The van der Waals surface area contributed by atoms with Crippen molar-refractivity contribution in [1.82, 2.24) is 0 Å². The number of hydrogen-bond donors (Lipinski definition) is 3. The maximum Gasteiger partial charge on any atom is 0.303 e. The van der Waals surface area contributed by atoms with E-state index in [1.165, 1.54) is 0 Å². The molecule has 1 aromatic rings. The van der Waals surface area contributed by atoms with Gasteiger partial charge in [0.1, 0.15) is 5.75 Å². The number of carbonyl (C=O) groups is 3. The molecule has 1 aliphatic heterocycles. The summed E-state index contributed by atoms with van der Waals surface area (Å²) in [7, 11) is 0. The number of fused-ring (bicyclic) bond motifs is 1. The van der Waals surface area contributed by atoms with E-state index in [4.69, 9.17) is 9.84 Å². The second-order valence-electron chi connectivity index (χ2n) is 4.70. The molecule has 0 fully saturated rings. The summed E-state index contributed by atoms with van der Waals surface area (Å²) in [6.07, 6.45) is 1.33. The van der Waals surface area contributed by atoms with Gasteiger partial charge in [0, 0.05) is 24.6 Å². The summed E-state index contributed by atoms with van der Waals surface area (Å²) < 4.78 is 5.25. The number of amides is 2. The standard InChI is InChI=1S/C14H16N2O5/c17-12(3-1-2-4-14(19)20)15-9-5-6-10-11(7-9)21-8-13(18)16-10/h5-7H,1-4,8H2,(H,15,17)(H,16,18)(H,19,20). The minimum Gasteiger partial charge on any atom is -0.482 e. The molecule has 2 amide bonds. The Labute approximate surface area is 121 Å². The van der Waals surface area contributed by atoms with Gasteiger partial charge in [0.05, 0.1) is 5.69 Å². The second-order valence-corrected chi connectivity index (χ2v) is 4.70. The Hall–Kier alpha value is -2.57. The van der Waals surface area contributed by atoms with Crippen LogP contribution < -0.4 is 15.4 Å². The van der Waals surface area contributed by atoms with Crippen molar-refractivity contribution < 1.29 is 24.2 Å². The number of rotatable bonds is 6. The third kappa shape index (κ3) is 4.48. The van der Waals surface area contributed by atoms with Crippen molar-refractivity contribution in [1.29, 1.82) is 0 Å². The van der Waals surface area contributed by atoms with Crippen molar-refractivity contribution in [2.24, 2.45) is 0 Å². The van der Waals surface area contributed by atoms with Gasteiger partial charge < -0.3 is 20.5 Å². The van der Waals surface area contributed by atoms with Crippen LogP contribution in [0.15, 0.2) is 18.2 Å². The number of nitrogens with one attached hydrogen (secondary N) is 2. The van der Waals surface area contributed by atoms with Crippen molar-refractivity contribution in [3.63, 3.8) is 0 Å². The van der Waals surface area contributed by atoms with E-state index in [9.17, 15) is 14.4 Å². The molecule has 0 unspecified atom stereocenters. The summed E-state index contributed by atoms with van der Waals surface area (Å²) in [4.78, 5) is 33.2. The molecule has 0 aliphatic carbocycles. The Bertz CT molecular complexity index is 570. The van der Waals surface area contributed by atoms with Gasteiger partial charge in [-0.3, -0.25) is 14.4 Å². The minimum absolute atomic E-state index is 0.0421. The first-order valence-corrected chi connectivity index (χ1v) is 6.63. The maximum atomic E-state index is 11.7. The van der Waals surface area contributed by atoms with Crippen molar-refractivity contribution in [3.05, 3.63) is 18.2 Å². The lowest BCUT2D eigenvalue weighted by Crippen LogP contribution is -2.25.